The van der Waals surface area contributed by atoms with Crippen LogP contribution < -0.4 is 18.9 Å². The lowest BCUT2D eigenvalue weighted by molar-refractivity contribution is -0.173. The largest absolute Gasteiger partial charge is 0.493 e. The molecule has 0 saturated carbocycles. The Kier molecular flexibility index (Phi) is 9.47. The van der Waals surface area contributed by atoms with Crippen molar-refractivity contribution in [2.75, 3.05) is 45.1 Å². The number of carboxylic acid groups (broad SMARTS) is 1. The molecule has 3 aromatic rings. The van der Waals surface area contributed by atoms with Gasteiger partial charge in [0.05, 0.1) is 12.0 Å². The average molecular weight is 614 g/mol. The number of carbonyl (C=O) groups is 1. The summed E-state index contributed by atoms with van der Waals surface area (Å²) in [4.78, 5) is 24.9. The highest BCUT2D eigenvalue weighted by atomic mass is 32.2. The van der Waals surface area contributed by atoms with Crippen molar-refractivity contribution in [2.45, 2.75) is 50.2 Å². The average Bonchev–Trinajstić information content (AvgIpc) is 3.19. The van der Waals surface area contributed by atoms with Gasteiger partial charge in [0, 0.05) is 26.6 Å². The Labute approximate surface area is 252 Å². The molecule has 1 unspecified atom stereocenters. The number of aromatic nitrogens is 2. The number of ether oxygens (including phenoxy) is 3. The SMILES string of the molecule is COc1ccccc1Oc1c(NS(=O)(=O)c2ccc(C(C)(C)C)cc2)ncnc1OC(C)(C(=O)O)N1CCCN(C)CC1. The maximum absolute atomic E-state index is 13.5. The third-order valence-corrected chi connectivity index (χ3v) is 8.68. The van der Waals surface area contributed by atoms with Gasteiger partial charge in [-0.05, 0) is 55.3 Å². The number of nitrogens with one attached hydrogen (secondary N) is 1. The number of aliphatic carboxylic acids is 1. The number of likely N-dealkylation sites (N-methyl/N-ethyl adjacent to an activating group) is 1. The van der Waals surface area contributed by atoms with Gasteiger partial charge in [0.2, 0.25) is 5.75 Å². The Morgan fingerprint density at radius 1 is 0.953 bits per heavy atom. The number of hydrogen-bond donors (Lipinski definition) is 2. The fourth-order valence-electron chi connectivity index (χ4n) is 4.63. The van der Waals surface area contributed by atoms with Crippen LogP contribution in [0.5, 0.6) is 23.1 Å². The van der Waals surface area contributed by atoms with Gasteiger partial charge in [0.25, 0.3) is 21.6 Å². The second kappa shape index (κ2) is 12.7. The van der Waals surface area contributed by atoms with E-state index in [4.69, 9.17) is 14.2 Å². The Hall–Kier alpha value is -3.94. The van der Waals surface area contributed by atoms with E-state index in [0.29, 0.717) is 25.4 Å². The number of benzene rings is 2. The van der Waals surface area contributed by atoms with Gasteiger partial charge in [0.1, 0.15) is 6.33 Å². The maximum atomic E-state index is 13.5. The third-order valence-electron chi connectivity index (χ3n) is 7.33. The first kappa shape index (κ1) is 32.0. The molecule has 2 aromatic carbocycles. The summed E-state index contributed by atoms with van der Waals surface area (Å²) in [5.41, 5.74) is -1.04. The maximum Gasteiger partial charge on any atom is 0.363 e. The van der Waals surface area contributed by atoms with Crippen LogP contribution >= 0.6 is 0 Å². The second-order valence-electron chi connectivity index (χ2n) is 11.5. The van der Waals surface area contributed by atoms with Crippen LogP contribution in [-0.2, 0) is 20.2 Å². The van der Waals surface area contributed by atoms with Crippen LogP contribution in [0.2, 0.25) is 0 Å². The lowest BCUT2D eigenvalue weighted by atomic mass is 9.87. The number of sulfonamides is 1. The molecule has 12 nitrogen and oxygen atoms in total. The van der Waals surface area contributed by atoms with E-state index in [1.807, 2.05) is 27.8 Å². The monoisotopic (exact) mass is 613 g/mol. The van der Waals surface area contributed by atoms with E-state index in [1.54, 1.807) is 41.3 Å². The summed E-state index contributed by atoms with van der Waals surface area (Å²) in [6.45, 7) is 9.89. The lowest BCUT2D eigenvalue weighted by Crippen LogP contribution is -2.57. The zero-order valence-electron chi connectivity index (χ0n) is 25.3. The predicted molar refractivity (Wildman–Crippen MR) is 161 cm³/mol. The number of nitrogens with zero attached hydrogens (tertiary/aromatic N) is 4. The van der Waals surface area contributed by atoms with E-state index in [-0.39, 0.29) is 33.5 Å². The number of hydrogen-bond acceptors (Lipinski definition) is 10. The molecule has 0 aliphatic carbocycles. The van der Waals surface area contributed by atoms with Gasteiger partial charge in [-0.3, -0.25) is 9.62 Å². The van der Waals surface area contributed by atoms with Crippen molar-refractivity contribution in [1.82, 2.24) is 19.8 Å². The molecule has 0 spiro atoms. The molecule has 1 aliphatic rings. The highest BCUT2D eigenvalue weighted by molar-refractivity contribution is 7.92. The quantitative estimate of drug-likeness (QED) is 0.340. The zero-order chi connectivity index (χ0) is 31.4. The van der Waals surface area contributed by atoms with Crippen LogP contribution in [0, 0.1) is 0 Å². The molecule has 13 heteroatoms. The minimum absolute atomic E-state index is 0.00823. The molecule has 0 bridgehead atoms. The van der Waals surface area contributed by atoms with E-state index in [9.17, 15) is 18.3 Å². The highest BCUT2D eigenvalue weighted by Gasteiger charge is 2.44. The predicted octanol–water partition coefficient (Wildman–Crippen LogP) is 4.19. The standard InChI is InChI=1S/C30H39N5O7S/c1-29(2,3)21-12-14-22(15-13-21)43(38,39)33-26-25(41-24-11-8-7-10-23(24)40-6)27(32-20-31-26)42-30(4,28(36)37)35-17-9-16-34(5)18-19-35/h7-8,10-15,20H,9,16-19H2,1-6H3,(H,36,37)(H,31,32,33). The minimum atomic E-state index is -4.15. The summed E-state index contributed by atoms with van der Waals surface area (Å²) in [7, 11) is -0.718. The van der Waals surface area contributed by atoms with Crippen LogP contribution in [0.15, 0.2) is 59.8 Å². The summed E-state index contributed by atoms with van der Waals surface area (Å²) in [6, 6.07) is 13.3. The molecular formula is C30H39N5O7S. The van der Waals surface area contributed by atoms with Gasteiger partial charge in [-0.2, -0.15) is 4.98 Å². The summed E-state index contributed by atoms with van der Waals surface area (Å²) in [5, 5.41) is 10.4. The molecule has 2 N–H and O–H groups in total. The normalized spacial score (nSPS) is 16.5. The molecule has 0 amide bonds. The first-order valence-corrected chi connectivity index (χ1v) is 15.4. The highest BCUT2D eigenvalue weighted by Crippen LogP contribution is 2.41. The summed E-state index contributed by atoms with van der Waals surface area (Å²) >= 11 is 0. The smallest absolute Gasteiger partial charge is 0.363 e. The fourth-order valence-corrected chi connectivity index (χ4v) is 5.65. The van der Waals surface area contributed by atoms with Gasteiger partial charge >= 0.3 is 5.97 Å². The zero-order valence-corrected chi connectivity index (χ0v) is 26.1. The molecule has 1 fully saturated rings. The van der Waals surface area contributed by atoms with Crippen LogP contribution in [0.25, 0.3) is 0 Å². The molecule has 1 atom stereocenters. The Morgan fingerprint density at radius 2 is 1.63 bits per heavy atom. The molecule has 1 saturated heterocycles. The van der Waals surface area contributed by atoms with Gasteiger partial charge in [-0.25, -0.2) is 18.2 Å². The van der Waals surface area contributed by atoms with Crippen molar-refractivity contribution >= 4 is 21.8 Å². The molecule has 43 heavy (non-hydrogen) atoms. The molecule has 4 rings (SSSR count). The van der Waals surface area contributed by atoms with E-state index >= 15 is 0 Å². The second-order valence-corrected chi connectivity index (χ2v) is 13.2. The number of anilines is 1. The first-order valence-electron chi connectivity index (χ1n) is 13.9. The molecule has 1 aromatic heterocycles. The van der Waals surface area contributed by atoms with Crippen molar-refractivity contribution in [3.8, 4) is 23.1 Å². The van der Waals surface area contributed by atoms with E-state index < -0.39 is 21.7 Å². The van der Waals surface area contributed by atoms with Crippen molar-refractivity contribution in [1.29, 1.82) is 0 Å². The number of carboxylic acids is 1. The summed E-state index contributed by atoms with van der Waals surface area (Å²) in [5.74, 6) is -1.39. The van der Waals surface area contributed by atoms with Crippen molar-refractivity contribution in [2.24, 2.45) is 0 Å². The van der Waals surface area contributed by atoms with Gasteiger partial charge in [-0.15, -0.1) is 0 Å². The summed E-state index contributed by atoms with van der Waals surface area (Å²) in [6.07, 6.45) is 1.82. The Bertz CT molecular complexity index is 1540. The van der Waals surface area contributed by atoms with Crippen molar-refractivity contribution in [3.05, 3.63) is 60.4 Å². The van der Waals surface area contributed by atoms with Gasteiger partial charge in [0.15, 0.2) is 17.3 Å². The van der Waals surface area contributed by atoms with E-state index in [1.165, 1.54) is 26.2 Å². The Morgan fingerprint density at radius 3 is 2.26 bits per heavy atom. The fraction of sp³-hybridized carbons (Fsp3) is 0.433. The number of methoxy groups -OCH3 is 1. The van der Waals surface area contributed by atoms with Crippen LogP contribution in [-0.4, -0.2) is 85.3 Å². The van der Waals surface area contributed by atoms with Crippen LogP contribution in [0.4, 0.5) is 5.82 Å². The lowest BCUT2D eigenvalue weighted by Gasteiger charge is -2.36. The molecule has 0 radical (unpaired) electrons. The van der Waals surface area contributed by atoms with E-state index in [2.05, 4.69) is 19.6 Å². The molecule has 2 heterocycles. The third kappa shape index (κ3) is 7.35. The topological polar surface area (TPSA) is 143 Å². The number of para-hydroxylation sites is 2. The Balaban J connectivity index is 1.77. The van der Waals surface area contributed by atoms with Gasteiger partial charge in [-0.1, -0.05) is 45.0 Å². The van der Waals surface area contributed by atoms with Gasteiger partial charge < -0.3 is 24.2 Å². The van der Waals surface area contributed by atoms with E-state index in [0.717, 1.165) is 24.9 Å². The molecular weight excluding hydrogens is 574 g/mol. The van der Waals surface area contributed by atoms with Crippen LogP contribution in [0.3, 0.4) is 0 Å². The van der Waals surface area contributed by atoms with Crippen LogP contribution in [0.1, 0.15) is 39.7 Å². The number of rotatable bonds is 10. The first-order chi connectivity index (χ1) is 20.2. The van der Waals surface area contributed by atoms with Crippen molar-refractivity contribution < 1.29 is 32.5 Å². The molecule has 232 valence electrons. The molecule has 1 aliphatic heterocycles. The van der Waals surface area contributed by atoms with Crippen molar-refractivity contribution in [3.63, 3.8) is 0 Å². The summed E-state index contributed by atoms with van der Waals surface area (Å²) < 4.78 is 47.2. The minimum Gasteiger partial charge on any atom is -0.493 e.